The number of aromatic nitrogens is 2. The van der Waals surface area contributed by atoms with Crippen LogP contribution in [0.4, 0.5) is 5.82 Å². The summed E-state index contributed by atoms with van der Waals surface area (Å²) in [4.78, 5) is 22.0. The van der Waals surface area contributed by atoms with Gasteiger partial charge in [-0.05, 0) is 56.4 Å². The Balaban J connectivity index is 1.47. The number of fused-ring (bicyclic) bond motifs is 3. The molecule has 180 valence electrons. The maximum Gasteiger partial charge on any atom is 0.328 e. The average Bonchev–Trinajstić information content (AvgIpc) is 3.23. The van der Waals surface area contributed by atoms with Crippen LogP contribution >= 0.6 is 22.9 Å². The van der Waals surface area contributed by atoms with Gasteiger partial charge >= 0.3 is 5.97 Å². The number of benzene rings is 2. The molecule has 5 rings (SSSR count). The Kier molecular flexibility index (Phi) is 6.88. The molecule has 0 atom stereocenters. The molecular formula is C27H26ClN3O3S. The van der Waals surface area contributed by atoms with E-state index in [9.17, 15) is 4.79 Å². The molecule has 2 heterocycles. The van der Waals surface area contributed by atoms with Gasteiger partial charge in [-0.3, -0.25) is 0 Å². The van der Waals surface area contributed by atoms with Crippen molar-refractivity contribution in [3.63, 3.8) is 0 Å². The number of thiophene rings is 1. The first-order valence-corrected chi connectivity index (χ1v) is 13.0. The molecule has 0 radical (unpaired) electrons. The zero-order valence-corrected chi connectivity index (χ0v) is 21.0. The Morgan fingerprint density at radius 2 is 2.03 bits per heavy atom. The number of hydrogen-bond acceptors (Lipinski definition) is 6. The fraction of sp³-hybridized carbons (Fsp3) is 0.296. The highest BCUT2D eigenvalue weighted by molar-refractivity contribution is 7.25. The molecule has 0 aliphatic heterocycles. The first kappa shape index (κ1) is 23.6. The number of rotatable bonds is 7. The highest BCUT2D eigenvalue weighted by Gasteiger charge is 2.24. The first-order chi connectivity index (χ1) is 17.0. The zero-order chi connectivity index (χ0) is 24.4. The van der Waals surface area contributed by atoms with Gasteiger partial charge in [-0.15, -0.1) is 11.3 Å². The van der Waals surface area contributed by atoms with Crippen LogP contribution in [0.5, 0.6) is 5.75 Å². The lowest BCUT2D eigenvalue weighted by Crippen LogP contribution is -2.13. The lowest BCUT2D eigenvalue weighted by atomic mass is 9.85. The predicted octanol–water partition coefficient (Wildman–Crippen LogP) is 7.18. The van der Waals surface area contributed by atoms with Crippen LogP contribution in [0, 0.1) is 0 Å². The molecule has 8 heteroatoms. The number of aliphatic carboxylic acids is 1. The van der Waals surface area contributed by atoms with E-state index < -0.39 is 5.97 Å². The van der Waals surface area contributed by atoms with Gasteiger partial charge in [-0.2, -0.15) is 0 Å². The molecule has 0 unspecified atom stereocenters. The summed E-state index contributed by atoms with van der Waals surface area (Å²) in [7, 11) is 0. The number of hydrogen-bond donors (Lipinski definition) is 2. The van der Waals surface area contributed by atoms with Crippen molar-refractivity contribution in [2.24, 2.45) is 0 Å². The van der Waals surface area contributed by atoms with Crippen molar-refractivity contribution in [2.45, 2.75) is 45.1 Å². The monoisotopic (exact) mass is 507 g/mol. The second-order valence-electron chi connectivity index (χ2n) is 8.68. The molecule has 2 aromatic heterocycles. The van der Waals surface area contributed by atoms with E-state index in [-0.39, 0.29) is 5.92 Å². The normalized spacial score (nSPS) is 15.9. The van der Waals surface area contributed by atoms with E-state index in [4.69, 9.17) is 31.4 Å². The fourth-order valence-electron chi connectivity index (χ4n) is 4.63. The Morgan fingerprint density at radius 1 is 1.23 bits per heavy atom. The van der Waals surface area contributed by atoms with Crippen molar-refractivity contribution in [3.05, 3.63) is 70.5 Å². The van der Waals surface area contributed by atoms with Crippen molar-refractivity contribution in [3.8, 4) is 5.75 Å². The number of ether oxygens (including phenoxy) is 1. The lowest BCUT2D eigenvalue weighted by Gasteiger charge is -2.23. The van der Waals surface area contributed by atoms with Crippen molar-refractivity contribution < 1.29 is 14.6 Å². The van der Waals surface area contributed by atoms with Crippen molar-refractivity contribution in [1.82, 2.24) is 9.97 Å². The average molecular weight is 508 g/mol. The maximum atomic E-state index is 11.0. The summed E-state index contributed by atoms with van der Waals surface area (Å²) in [6.07, 6.45) is 4.57. The summed E-state index contributed by atoms with van der Waals surface area (Å²) in [6.45, 7) is 3.07. The second-order valence-corrected chi connectivity index (χ2v) is 10.1. The summed E-state index contributed by atoms with van der Waals surface area (Å²) in [6, 6.07) is 14.1. The number of carboxylic acids is 1. The third-order valence-corrected chi connectivity index (χ3v) is 7.69. The van der Waals surface area contributed by atoms with E-state index in [0.29, 0.717) is 23.9 Å². The number of halogens is 1. The molecule has 0 saturated heterocycles. The van der Waals surface area contributed by atoms with Gasteiger partial charge in [0.15, 0.2) is 0 Å². The van der Waals surface area contributed by atoms with Gasteiger partial charge in [0.2, 0.25) is 0 Å². The number of carbonyl (C=O) groups is 1. The second kappa shape index (κ2) is 10.2. The quantitative estimate of drug-likeness (QED) is 0.258. The standard InChI is InChI=1S/C27H26ClN3O3S/c1-2-34-21-12-9-17(13-20(21)28)15-29-26-24-19-5-3-4-6-22(19)35-27(24)31-25(30-26)18-10-7-16(8-11-18)14-23(32)33/h3-6,9,12-14,18H,2,7-8,10-11,15H2,1H3,(H,32,33)(H,29,30,31). The summed E-state index contributed by atoms with van der Waals surface area (Å²) in [5, 5.41) is 15.4. The highest BCUT2D eigenvalue weighted by atomic mass is 35.5. The SMILES string of the molecule is CCOc1ccc(CNc2nc(C3CCC(=CC(=O)O)CC3)nc3sc4ccccc4c23)cc1Cl. The third kappa shape index (κ3) is 5.11. The minimum atomic E-state index is -0.873. The van der Waals surface area contributed by atoms with Gasteiger partial charge in [-0.1, -0.05) is 41.4 Å². The molecule has 1 fully saturated rings. The lowest BCUT2D eigenvalue weighted by molar-refractivity contribution is -0.131. The van der Waals surface area contributed by atoms with Crippen molar-refractivity contribution >= 4 is 55.0 Å². The molecule has 2 aromatic carbocycles. The third-order valence-electron chi connectivity index (χ3n) is 6.33. The predicted molar refractivity (Wildman–Crippen MR) is 142 cm³/mol. The Hall–Kier alpha value is -3.16. The molecule has 2 N–H and O–H groups in total. The molecule has 1 aliphatic carbocycles. The maximum absolute atomic E-state index is 11.0. The smallest absolute Gasteiger partial charge is 0.328 e. The van der Waals surface area contributed by atoms with Crippen LogP contribution in [0.1, 0.15) is 49.9 Å². The van der Waals surface area contributed by atoms with Gasteiger partial charge in [-0.25, -0.2) is 14.8 Å². The fourth-order valence-corrected chi connectivity index (χ4v) is 5.97. The van der Waals surface area contributed by atoms with E-state index in [1.165, 1.54) is 10.8 Å². The van der Waals surface area contributed by atoms with Crippen LogP contribution in [-0.2, 0) is 11.3 Å². The van der Waals surface area contributed by atoms with E-state index in [0.717, 1.165) is 64.1 Å². The minimum absolute atomic E-state index is 0.205. The van der Waals surface area contributed by atoms with Gasteiger partial charge in [0.25, 0.3) is 0 Å². The van der Waals surface area contributed by atoms with Crippen molar-refractivity contribution in [2.75, 3.05) is 11.9 Å². The molecule has 0 spiro atoms. The van der Waals surface area contributed by atoms with E-state index in [1.54, 1.807) is 11.3 Å². The number of carboxylic acid groups (broad SMARTS) is 1. The molecule has 0 bridgehead atoms. The highest BCUT2D eigenvalue weighted by Crippen LogP contribution is 2.40. The van der Waals surface area contributed by atoms with Crippen LogP contribution in [0.3, 0.4) is 0 Å². The minimum Gasteiger partial charge on any atom is -0.492 e. The number of anilines is 1. The number of nitrogens with zero attached hydrogens (tertiary/aromatic N) is 2. The van der Waals surface area contributed by atoms with E-state index in [1.807, 2.05) is 37.3 Å². The van der Waals surface area contributed by atoms with Crippen LogP contribution in [0.15, 0.2) is 54.1 Å². The topological polar surface area (TPSA) is 84.3 Å². The van der Waals surface area contributed by atoms with E-state index >= 15 is 0 Å². The van der Waals surface area contributed by atoms with Gasteiger partial charge < -0.3 is 15.2 Å². The van der Waals surface area contributed by atoms with Crippen molar-refractivity contribution in [1.29, 1.82) is 0 Å². The number of nitrogens with one attached hydrogen (secondary N) is 1. The van der Waals surface area contributed by atoms with Crippen LogP contribution in [-0.4, -0.2) is 27.7 Å². The van der Waals surface area contributed by atoms with Gasteiger partial charge in [0.1, 0.15) is 22.2 Å². The Morgan fingerprint density at radius 3 is 2.77 bits per heavy atom. The largest absolute Gasteiger partial charge is 0.492 e. The van der Waals surface area contributed by atoms with Crippen LogP contribution < -0.4 is 10.1 Å². The summed E-state index contributed by atoms with van der Waals surface area (Å²) >= 11 is 8.07. The number of allylic oxidation sites excluding steroid dienone is 1. The molecule has 0 amide bonds. The first-order valence-electron chi connectivity index (χ1n) is 11.8. The molecule has 4 aromatic rings. The van der Waals surface area contributed by atoms with Gasteiger partial charge in [0.05, 0.1) is 17.0 Å². The van der Waals surface area contributed by atoms with Crippen LogP contribution in [0.2, 0.25) is 5.02 Å². The van der Waals surface area contributed by atoms with E-state index in [2.05, 4.69) is 17.4 Å². The Labute approximate surface area is 212 Å². The molecule has 1 aliphatic rings. The molecular weight excluding hydrogens is 482 g/mol. The molecule has 6 nitrogen and oxygen atoms in total. The zero-order valence-electron chi connectivity index (χ0n) is 19.4. The molecule has 1 saturated carbocycles. The summed E-state index contributed by atoms with van der Waals surface area (Å²) in [5.74, 6) is 1.66. The summed E-state index contributed by atoms with van der Waals surface area (Å²) < 4.78 is 6.73. The van der Waals surface area contributed by atoms with Crippen LogP contribution in [0.25, 0.3) is 20.3 Å². The molecule has 35 heavy (non-hydrogen) atoms. The summed E-state index contributed by atoms with van der Waals surface area (Å²) in [5.41, 5.74) is 2.02. The Bertz CT molecular complexity index is 1420. The van der Waals surface area contributed by atoms with Gasteiger partial charge in [0, 0.05) is 28.6 Å².